The molecule has 0 unspecified atom stereocenters. The molecule has 0 amide bonds. The maximum atomic E-state index is 6.30. The summed E-state index contributed by atoms with van der Waals surface area (Å²) in [6.45, 7) is 16.7. The highest BCUT2D eigenvalue weighted by molar-refractivity contribution is 6.63. The van der Waals surface area contributed by atoms with Crippen LogP contribution in [0.3, 0.4) is 0 Å². The zero-order chi connectivity index (χ0) is 23.1. The lowest BCUT2D eigenvalue weighted by molar-refractivity contribution is 0.00578. The molecule has 0 spiro atoms. The summed E-state index contributed by atoms with van der Waals surface area (Å²) in [4.78, 5) is 0. The van der Waals surface area contributed by atoms with Crippen LogP contribution in [0.5, 0.6) is 0 Å². The minimum atomic E-state index is -0.383. The summed E-state index contributed by atoms with van der Waals surface area (Å²) in [5, 5.41) is 4.72. The lowest BCUT2D eigenvalue weighted by atomic mass is 9.76. The average Bonchev–Trinajstić information content (AvgIpc) is 3.06. The minimum Gasteiger partial charge on any atom is -0.399 e. The van der Waals surface area contributed by atoms with E-state index in [1.165, 1.54) is 21.5 Å². The van der Waals surface area contributed by atoms with E-state index in [1.54, 1.807) is 0 Å². The molecule has 0 N–H and O–H groups in total. The van der Waals surface area contributed by atoms with Crippen LogP contribution in [-0.2, 0) is 18.6 Å². The largest absolute Gasteiger partial charge is 0.494 e. The van der Waals surface area contributed by atoms with E-state index in [0.717, 1.165) is 10.9 Å². The van der Waals surface area contributed by atoms with Crippen LogP contribution in [0.25, 0.3) is 21.5 Å². The molecule has 4 nitrogen and oxygen atoms in total. The van der Waals surface area contributed by atoms with Gasteiger partial charge in [-0.2, -0.15) is 0 Å². The summed E-state index contributed by atoms with van der Waals surface area (Å²) in [6.07, 6.45) is 0. The Labute approximate surface area is 191 Å². The highest BCUT2D eigenvalue weighted by Gasteiger charge is 2.52. The van der Waals surface area contributed by atoms with Gasteiger partial charge >= 0.3 is 14.2 Å². The van der Waals surface area contributed by atoms with Crippen LogP contribution >= 0.6 is 0 Å². The SMILES string of the molecule is CC1(C)OB(c2ccc3ccc4ccc(B5OC(C)(C)C(C)(C)O5)cc4c3c2)OC1(C)C. The number of hydrogen-bond acceptors (Lipinski definition) is 4. The van der Waals surface area contributed by atoms with Crippen molar-refractivity contribution in [3.63, 3.8) is 0 Å². The van der Waals surface area contributed by atoms with E-state index in [4.69, 9.17) is 18.6 Å². The first-order chi connectivity index (χ1) is 14.8. The van der Waals surface area contributed by atoms with Gasteiger partial charge in [0.2, 0.25) is 0 Å². The quantitative estimate of drug-likeness (QED) is 0.441. The fourth-order valence-electron chi connectivity index (χ4n) is 4.34. The topological polar surface area (TPSA) is 36.9 Å². The smallest absolute Gasteiger partial charge is 0.399 e. The minimum absolute atomic E-state index is 0.366. The number of fused-ring (bicyclic) bond motifs is 3. The molecule has 3 aromatic rings. The molecular formula is C26H32B2O4. The van der Waals surface area contributed by atoms with Crippen LogP contribution in [0, 0.1) is 0 Å². The van der Waals surface area contributed by atoms with Crippen molar-refractivity contribution in [2.24, 2.45) is 0 Å². The zero-order valence-corrected chi connectivity index (χ0v) is 20.4. The molecular weight excluding hydrogens is 398 g/mol. The second kappa shape index (κ2) is 6.83. The van der Waals surface area contributed by atoms with Crippen molar-refractivity contribution >= 4 is 46.7 Å². The Kier molecular flexibility index (Phi) is 4.69. The Morgan fingerprint density at radius 2 is 0.750 bits per heavy atom. The van der Waals surface area contributed by atoms with Crippen molar-refractivity contribution in [3.05, 3.63) is 48.5 Å². The van der Waals surface area contributed by atoms with Gasteiger partial charge in [0, 0.05) is 0 Å². The Bertz CT molecular complexity index is 1090. The van der Waals surface area contributed by atoms with E-state index in [9.17, 15) is 0 Å². The molecule has 0 radical (unpaired) electrons. The third-order valence-corrected chi connectivity index (χ3v) is 7.94. The fourth-order valence-corrected chi connectivity index (χ4v) is 4.34. The summed E-state index contributed by atoms with van der Waals surface area (Å²) in [5.74, 6) is 0. The van der Waals surface area contributed by atoms with E-state index in [1.807, 2.05) is 0 Å². The highest BCUT2D eigenvalue weighted by Crippen LogP contribution is 2.38. The van der Waals surface area contributed by atoms with Gasteiger partial charge < -0.3 is 18.6 Å². The van der Waals surface area contributed by atoms with E-state index < -0.39 is 0 Å². The summed E-state index contributed by atoms with van der Waals surface area (Å²) < 4.78 is 25.2. The maximum absolute atomic E-state index is 6.30. The van der Waals surface area contributed by atoms with Crippen LogP contribution in [-0.4, -0.2) is 36.6 Å². The summed E-state index contributed by atoms with van der Waals surface area (Å²) >= 11 is 0. The standard InChI is InChI=1S/C26H32B2O4/c1-23(2)24(3,4)30-27(29-23)19-13-11-17-9-10-18-12-14-20(16-22(18)21(17)15-19)28-31-25(5,6)26(7,8)32-28/h9-16H,1-8H3. The summed E-state index contributed by atoms with van der Waals surface area (Å²) in [5.41, 5.74) is 0.601. The van der Waals surface area contributed by atoms with Gasteiger partial charge in [-0.25, -0.2) is 0 Å². The van der Waals surface area contributed by atoms with E-state index in [2.05, 4.69) is 104 Å². The van der Waals surface area contributed by atoms with Crippen LogP contribution in [0.2, 0.25) is 0 Å². The molecule has 0 aromatic heterocycles. The average molecular weight is 430 g/mol. The second-order valence-corrected chi connectivity index (χ2v) is 11.2. The normalized spacial score (nSPS) is 23.4. The van der Waals surface area contributed by atoms with Crippen molar-refractivity contribution in [2.45, 2.75) is 77.8 Å². The lowest BCUT2D eigenvalue weighted by Gasteiger charge is -2.32. The predicted octanol–water partition coefficient (Wildman–Crippen LogP) is 4.59. The lowest BCUT2D eigenvalue weighted by Crippen LogP contribution is -2.41. The first-order valence-electron chi connectivity index (χ1n) is 11.5. The molecule has 2 saturated heterocycles. The molecule has 2 aliphatic heterocycles. The van der Waals surface area contributed by atoms with Gasteiger partial charge in [0.1, 0.15) is 0 Å². The Balaban J connectivity index is 1.58. The van der Waals surface area contributed by atoms with Gasteiger partial charge in [-0.1, -0.05) is 48.5 Å². The number of hydrogen-bond donors (Lipinski definition) is 0. The van der Waals surface area contributed by atoms with Crippen LogP contribution in [0.15, 0.2) is 48.5 Å². The maximum Gasteiger partial charge on any atom is 0.494 e. The van der Waals surface area contributed by atoms with Gasteiger partial charge in [-0.05, 0) is 87.9 Å². The number of rotatable bonds is 2. The molecule has 0 saturated carbocycles. The second-order valence-electron chi connectivity index (χ2n) is 11.2. The molecule has 3 aromatic carbocycles. The monoisotopic (exact) mass is 430 g/mol. The van der Waals surface area contributed by atoms with Gasteiger partial charge in [-0.3, -0.25) is 0 Å². The molecule has 166 valence electrons. The summed E-state index contributed by atoms with van der Waals surface area (Å²) in [7, 11) is -0.767. The predicted molar refractivity (Wildman–Crippen MR) is 133 cm³/mol. The summed E-state index contributed by atoms with van der Waals surface area (Å²) in [6, 6.07) is 17.2. The van der Waals surface area contributed by atoms with Crippen LogP contribution in [0.4, 0.5) is 0 Å². The fraction of sp³-hybridized carbons (Fsp3) is 0.462. The van der Waals surface area contributed by atoms with E-state index >= 15 is 0 Å². The van der Waals surface area contributed by atoms with Crippen molar-refractivity contribution in [2.75, 3.05) is 0 Å². The molecule has 0 atom stereocenters. The van der Waals surface area contributed by atoms with Crippen molar-refractivity contribution in [3.8, 4) is 0 Å². The third kappa shape index (κ3) is 3.31. The van der Waals surface area contributed by atoms with Crippen LogP contribution in [0.1, 0.15) is 55.4 Å². The molecule has 2 fully saturated rings. The van der Waals surface area contributed by atoms with Crippen molar-refractivity contribution in [1.29, 1.82) is 0 Å². The van der Waals surface area contributed by atoms with E-state index in [-0.39, 0.29) is 36.6 Å². The number of benzene rings is 3. The Morgan fingerprint density at radius 3 is 1.06 bits per heavy atom. The molecule has 0 bridgehead atoms. The first-order valence-corrected chi connectivity index (χ1v) is 11.5. The van der Waals surface area contributed by atoms with Crippen molar-refractivity contribution in [1.82, 2.24) is 0 Å². The Hall–Kier alpha value is -1.85. The van der Waals surface area contributed by atoms with Crippen LogP contribution < -0.4 is 10.9 Å². The molecule has 0 aliphatic carbocycles. The zero-order valence-electron chi connectivity index (χ0n) is 20.4. The van der Waals surface area contributed by atoms with Gasteiger partial charge in [0.05, 0.1) is 22.4 Å². The van der Waals surface area contributed by atoms with Gasteiger partial charge in [0.15, 0.2) is 0 Å². The third-order valence-electron chi connectivity index (χ3n) is 7.94. The molecule has 6 heteroatoms. The molecule has 5 rings (SSSR count). The van der Waals surface area contributed by atoms with Gasteiger partial charge in [0.25, 0.3) is 0 Å². The van der Waals surface area contributed by atoms with E-state index in [0.29, 0.717) is 0 Å². The first kappa shape index (κ1) is 22.0. The van der Waals surface area contributed by atoms with Gasteiger partial charge in [-0.15, -0.1) is 0 Å². The van der Waals surface area contributed by atoms with Crippen molar-refractivity contribution < 1.29 is 18.6 Å². The molecule has 2 heterocycles. The molecule has 2 aliphatic rings. The Morgan fingerprint density at radius 1 is 0.469 bits per heavy atom. The molecule has 32 heavy (non-hydrogen) atoms. The highest BCUT2D eigenvalue weighted by atomic mass is 16.7.